The van der Waals surface area contributed by atoms with Crippen LogP contribution in [-0.2, 0) is 20.4 Å². The van der Waals surface area contributed by atoms with E-state index in [1.165, 1.54) is 0 Å². The zero-order chi connectivity index (χ0) is 16.6. The number of halogens is 2. The van der Waals surface area contributed by atoms with E-state index < -0.39 is 27.9 Å². The third-order valence-corrected chi connectivity index (χ3v) is 5.52. The maximum Gasteiger partial charge on any atom is 0.254 e. The van der Waals surface area contributed by atoms with Crippen LogP contribution in [0.1, 0.15) is 10.8 Å². The topological polar surface area (TPSA) is 54.5 Å². The van der Waals surface area contributed by atoms with Crippen LogP contribution in [0.3, 0.4) is 0 Å². The largest absolute Gasteiger partial charge is 0.273 e. The summed E-state index contributed by atoms with van der Waals surface area (Å²) in [5, 5.41) is 0.137. The summed E-state index contributed by atoms with van der Waals surface area (Å²) in [5.41, 5.74) is 0.990. The van der Waals surface area contributed by atoms with Gasteiger partial charge < -0.3 is 0 Å². The van der Waals surface area contributed by atoms with Crippen LogP contribution in [0.15, 0.2) is 48.5 Å². The van der Waals surface area contributed by atoms with Gasteiger partial charge in [0, 0.05) is 20.8 Å². The van der Waals surface area contributed by atoms with Crippen LogP contribution < -0.4 is 4.90 Å². The van der Waals surface area contributed by atoms with Gasteiger partial charge in [0.1, 0.15) is 11.0 Å². The van der Waals surface area contributed by atoms with E-state index in [1.54, 1.807) is 48.5 Å². The first-order chi connectivity index (χ1) is 11.0. The Morgan fingerprint density at radius 1 is 0.913 bits per heavy atom. The van der Waals surface area contributed by atoms with Crippen molar-refractivity contribution in [3.63, 3.8) is 0 Å². The molecule has 1 saturated heterocycles. The van der Waals surface area contributed by atoms with Gasteiger partial charge in [0.05, 0.1) is 5.69 Å². The molecule has 2 atom stereocenters. The molecule has 4 nitrogen and oxygen atoms in total. The molecule has 1 heterocycles. The van der Waals surface area contributed by atoms with Gasteiger partial charge in [-0.25, -0.2) is 4.90 Å². The number of benzene rings is 2. The average Bonchev–Trinajstić information content (AvgIpc) is 2.50. The van der Waals surface area contributed by atoms with Crippen molar-refractivity contribution in [2.45, 2.75) is 5.25 Å². The van der Waals surface area contributed by atoms with Crippen LogP contribution in [0.5, 0.6) is 0 Å². The Kier molecular flexibility index (Phi) is 4.53. The lowest BCUT2D eigenvalue weighted by Gasteiger charge is -2.30. The van der Waals surface area contributed by atoms with Crippen LogP contribution >= 0.6 is 23.2 Å². The zero-order valence-electron chi connectivity index (χ0n) is 11.7. The Balaban J connectivity index is 2.00. The molecule has 0 unspecified atom stereocenters. The molecular formula is C16H11Cl2NO3S. The van der Waals surface area contributed by atoms with Gasteiger partial charge in [0.15, 0.2) is 0 Å². The maximum absolute atomic E-state index is 12.8. The lowest BCUT2D eigenvalue weighted by atomic mass is 10.1. The Morgan fingerprint density at radius 3 is 2.00 bits per heavy atom. The first kappa shape index (κ1) is 16.2. The van der Waals surface area contributed by atoms with Crippen LogP contribution in [-0.4, -0.2) is 21.8 Å². The predicted octanol–water partition coefficient (Wildman–Crippen LogP) is 3.36. The standard InChI is InChI=1S/C16H11Cl2NO3S/c17-11-3-1-10(2-4-11)15-16(21)19(14(20)9-23(15)22)13-7-5-12(18)6-8-13/h1-8,15H,9H2/t15-,23+/m0/s1. The van der Waals surface area contributed by atoms with Gasteiger partial charge in [0.25, 0.3) is 5.91 Å². The number of hydrogen-bond acceptors (Lipinski definition) is 3. The van der Waals surface area contributed by atoms with E-state index in [0.29, 0.717) is 21.3 Å². The molecule has 1 fully saturated rings. The summed E-state index contributed by atoms with van der Waals surface area (Å²) in [6, 6.07) is 12.9. The molecule has 23 heavy (non-hydrogen) atoms. The summed E-state index contributed by atoms with van der Waals surface area (Å²) in [4.78, 5) is 26.0. The monoisotopic (exact) mass is 367 g/mol. The van der Waals surface area contributed by atoms with E-state index in [-0.39, 0.29) is 5.75 Å². The highest BCUT2D eigenvalue weighted by Gasteiger charge is 2.41. The van der Waals surface area contributed by atoms with E-state index in [1.807, 2.05) is 0 Å². The Hall–Kier alpha value is -1.69. The molecule has 0 spiro atoms. The van der Waals surface area contributed by atoms with Gasteiger partial charge >= 0.3 is 0 Å². The molecule has 0 radical (unpaired) electrons. The fourth-order valence-electron chi connectivity index (χ4n) is 2.42. The van der Waals surface area contributed by atoms with E-state index in [9.17, 15) is 13.8 Å². The number of anilines is 1. The van der Waals surface area contributed by atoms with E-state index in [0.717, 1.165) is 4.90 Å². The van der Waals surface area contributed by atoms with Crippen molar-refractivity contribution >= 4 is 51.5 Å². The highest BCUT2D eigenvalue weighted by molar-refractivity contribution is 7.87. The number of imide groups is 1. The van der Waals surface area contributed by atoms with E-state index in [4.69, 9.17) is 23.2 Å². The number of carbonyl (C=O) groups is 2. The molecule has 1 aliphatic rings. The molecule has 0 saturated carbocycles. The van der Waals surface area contributed by atoms with Crippen molar-refractivity contribution in [3.8, 4) is 0 Å². The van der Waals surface area contributed by atoms with Gasteiger partial charge in [-0.1, -0.05) is 35.3 Å². The fraction of sp³-hybridized carbons (Fsp3) is 0.125. The summed E-state index contributed by atoms with van der Waals surface area (Å²) in [5.74, 6) is -1.20. The predicted molar refractivity (Wildman–Crippen MR) is 91.1 cm³/mol. The van der Waals surface area contributed by atoms with Crippen LogP contribution in [0.4, 0.5) is 5.69 Å². The molecule has 0 N–H and O–H groups in total. The lowest BCUT2D eigenvalue weighted by molar-refractivity contribution is -0.125. The van der Waals surface area contributed by atoms with Crippen molar-refractivity contribution in [2.75, 3.05) is 10.7 Å². The summed E-state index contributed by atoms with van der Waals surface area (Å²) >= 11 is 11.7. The molecule has 7 heteroatoms. The van der Waals surface area contributed by atoms with E-state index >= 15 is 0 Å². The first-order valence-corrected chi connectivity index (χ1v) is 8.86. The third kappa shape index (κ3) is 3.17. The molecule has 0 aliphatic carbocycles. The number of amides is 2. The molecule has 2 aromatic rings. The maximum atomic E-state index is 12.8. The molecule has 1 aliphatic heterocycles. The highest BCUT2D eigenvalue weighted by Crippen LogP contribution is 2.31. The number of nitrogens with zero attached hydrogens (tertiary/aromatic N) is 1. The molecular weight excluding hydrogens is 357 g/mol. The third-order valence-electron chi connectivity index (χ3n) is 3.48. The second kappa shape index (κ2) is 6.43. The minimum absolute atomic E-state index is 0.207. The minimum Gasteiger partial charge on any atom is -0.273 e. The number of carbonyl (C=O) groups excluding carboxylic acids is 2. The Bertz CT molecular complexity index is 724. The summed E-state index contributed by atoms with van der Waals surface area (Å²) < 4.78 is 12.3. The summed E-state index contributed by atoms with van der Waals surface area (Å²) in [7, 11) is -1.60. The lowest BCUT2D eigenvalue weighted by Crippen LogP contribution is -2.49. The van der Waals surface area contributed by atoms with Gasteiger partial charge in [-0.3, -0.25) is 13.8 Å². The Labute approximate surface area is 145 Å². The molecule has 0 bridgehead atoms. The van der Waals surface area contributed by atoms with Crippen molar-refractivity contribution in [2.24, 2.45) is 0 Å². The van der Waals surface area contributed by atoms with Crippen molar-refractivity contribution in [1.82, 2.24) is 0 Å². The van der Waals surface area contributed by atoms with Gasteiger partial charge in [-0.05, 0) is 42.0 Å². The second-order valence-electron chi connectivity index (χ2n) is 5.00. The molecule has 2 aromatic carbocycles. The normalized spacial score (nSPS) is 21.6. The smallest absolute Gasteiger partial charge is 0.254 e. The van der Waals surface area contributed by atoms with Crippen molar-refractivity contribution in [3.05, 3.63) is 64.1 Å². The van der Waals surface area contributed by atoms with Crippen molar-refractivity contribution in [1.29, 1.82) is 0 Å². The highest BCUT2D eigenvalue weighted by atomic mass is 35.5. The SMILES string of the molecule is O=C1C[S@@](=O)[C@@H](c2ccc(Cl)cc2)C(=O)N1c1ccc(Cl)cc1. The molecule has 2 amide bonds. The molecule has 118 valence electrons. The Morgan fingerprint density at radius 2 is 1.43 bits per heavy atom. The second-order valence-corrected chi connectivity index (χ2v) is 7.39. The fourth-order valence-corrected chi connectivity index (χ4v) is 4.00. The zero-order valence-corrected chi connectivity index (χ0v) is 14.1. The van der Waals surface area contributed by atoms with Gasteiger partial charge in [-0.2, -0.15) is 0 Å². The van der Waals surface area contributed by atoms with Crippen LogP contribution in [0.25, 0.3) is 0 Å². The molecule has 3 rings (SSSR count). The first-order valence-electron chi connectivity index (χ1n) is 6.72. The van der Waals surface area contributed by atoms with Crippen LogP contribution in [0.2, 0.25) is 10.0 Å². The van der Waals surface area contributed by atoms with Crippen LogP contribution in [0, 0.1) is 0 Å². The van der Waals surface area contributed by atoms with Gasteiger partial charge in [0.2, 0.25) is 5.91 Å². The molecule has 0 aromatic heterocycles. The van der Waals surface area contributed by atoms with Gasteiger partial charge in [-0.15, -0.1) is 0 Å². The average molecular weight is 368 g/mol. The quantitative estimate of drug-likeness (QED) is 0.764. The number of hydrogen-bond donors (Lipinski definition) is 0. The summed E-state index contributed by atoms with van der Waals surface area (Å²) in [6.45, 7) is 0. The van der Waals surface area contributed by atoms with Crippen molar-refractivity contribution < 1.29 is 13.8 Å². The summed E-state index contributed by atoms with van der Waals surface area (Å²) in [6.07, 6.45) is 0. The number of rotatable bonds is 2. The minimum atomic E-state index is -1.60. The van der Waals surface area contributed by atoms with E-state index in [2.05, 4.69) is 0 Å².